The number of rotatable bonds is 5. The molecule has 0 unspecified atom stereocenters. The van der Waals surface area contributed by atoms with E-state index in [4.69, 9.17) is 0 Å². The van der Waals surface area contributed by atoms with Crippen molar-refractivity contribution in [3.63, 3.8) is 0 Å². The summed E-state index contributed by atoms with van der Waals surface area (Å²) < 4.78 is 2.93. The van der Waals surface area contributed by atoms with E-state index >= 15 is 0 Å². The first-order chi connectivity index (χ1) is 13.6. The predicted octanol–water partition coefficient (Wildman–Crippen LogP) is 2.18. The lowest BCUT2D eigenvalue weighted by Crippen LogP contribution is -2.30. The van der Waals surface area contributed by atoms with E-state index in [1.54, 1.807) is 11.5 Å². The third kappa shape index (κ3) is 3.55. The molecule has 2 heterocycles. The lowest BCUT2D eigenvalue weighted by molar-refractivity contribution is -0.121. The highest BCUT2D eigenvalue weighted by atomic mass is 16.2. The lowest BCUT2D eigenvalue weighted by Gasteiger charge is -2.11. The molecule has 0 bridgehead atoms. The summed E-state index contributed by atoms with van der Waals surface area (Å²) in [6.07, 6.45) is 0. The Morgan fingerprint density at radius 3 is 2.43 bits per heavy atom. The molecule has 0 aliphatic carbocycles. The smallest absolute Gasteiger partial charge is 0.275 e. The molecular weight excluding hydrogens is 354 g/mol. The Bertz CT molecular complexity index is 1180. The van der Waals surface area contributed by atoms with Gasteiger partial charge in [0.25, 0.3) is 5.56 Å². The van der Waals surface area contributed by atoms with Gasteiger partial charge in [0.05, 0.1) is 0 Å². The maximum Gasteiger partial charge on any atom is 0.275 e. The van der Waals surface area contributed by atoms with Crippen molar-refractivity contribution in [3.8, 4) is 11.4 Å². The number of carbonyl (C=O) groups is 1. The third-order valence-electron chi connectivity index (χ3n) is 4.46. The summed E-state index contributed by atoms with van der Waals surface area (Å²) in [6, 6.07) is 20.6. The number of benzene rings is 2. The summed E-state index contributed by atoms with van der Waals surface area (Å²) in [5.41, 5.74) is 2.21. The molecule has 0 fully saturated rings. The number of hydrogen-bond donors (Lipinski definition) is 1. The summed E-state index contributed by atoms with van der Waals surface area (Å²) in [7, 11) is 0. The third-order valence-corrected chi connectivity index (χ3v) is 4.46. The molecule has 7 heteroatoms. The highest BCUT2D eigenvalue weighted by Crippen LogP contribution is 2.15. The predicted molar refractivity (Wildman–Crippen MR) is 106 cm³/mol. The minimum absolute atomic E-state index is 0.0510. The van der Waals surface area contributed by atoms with Crippen LogP contribution in [0, 0.1) is 6.92 Å². The quantitative estimate of drug-likeness (QED) is 0.581. The number of nitrogens with one attached hydrogen (secondary N) is 1. The van der Waals surface area contributed by atoms with Crippen molar-refractivity contribution in [2.45, 2.75) is 20.0 Å². The fourth-order valence-electron chi connectivity index (χ4n) is 3.00. The zero-order valence-corrected chi connectivity index (χ0v) is 15.4. The number of carbonyl (C=O) groups excluding carboxylic acids is 1. The Labute approximate surface area is 161 Å². The van der Waals surface area contributed by atoms with Gasteiger partial charge in [-0.25, -0.2) is 0 Å². The maximum absolute atomic E-state index is 12.5. The molecule has 0 aliphatic rings. The molecule has 7 nitrogen and oxygen atoms in total. The molecule has 0 saturated heterocycles. The van der Waals surface area contributed by atoms with Crippen LogP contribution in [0.4, 0.5) is 0 Å². The Hall–Kier alpha value is -3.74. The van der Waals surface area contributed by atoms with Crippen LogP contribution < -0.4 is 10.9 Å². The van der Waals surface area contributed by atoms with Gasteiger partial charge < -0.3 is 9.88 Å². The van der Waals surface area contributed by atoms with E-state index < -0.39 is 0 Å². The van der Waals surface area contributed by atoms with E-state index in [-0.39, 0.29) is 18.0 Å². The van der Waals surface area contributed by atoms with E-state index in [1.165, 1.54) is 10.6 Å². The minimum atomic E-state index is -0.275. The SMILES string of the molecule is Cc1cc(=O)n2nc(-c3ccccc3)nc2n1CC(=O)NCc1ccccc1. The monoisotopic (exact) mass is 373 g/mol. The van der Waals surface area contributed by atoms with Gasteiger partial charge in [-0.1, -0.05) is 60.7 Å². The second kappa shape index (κ2) is 7.48. The largest absolute Gasteiger partial charge is 0.350 e. The summed E-state index contributed by atoms with van der Waals surface area (Å²) in [5.74, 6) is 0.627. The molecule has 28 heavy (non-hydrogen) atoms. The number of hydrogen-bond acceptors (Lipinski definition) is 4. The fraction of sp³-hybridized carbons (Fsp3) is 0.143. The van der Waals surface area contributed by atoms with Gasteiger partial charge in [0.15, 0.2) is 5.82 Å². The second-order valence-electron chi connectivity index (χ2n) is 6.49. The summed E-state index contributed by atoms with van der Waals surface area (Å²) in [4.78, 5) is 29.3. The van der Waals surface area contributed by atoms with Crippen LogP contribution in [-0.4, -0.2) is 25.1 Å². The van der Waals surface area contributed by atoms with E-state index in [0.717, 1.165) is 11.1 Å². The van der Waals surface area contributed by atoms with Crippen molar-refractivity contribution in [1.82, 2.24) is 24.5 Å². The molecule has 0 radical (unpaired) electrons. The Morgan fingerprint density at radius 1 is 1.04 bits per heavy atom. The zero-order chi connectivity index (χ0) is 19.5. The summed E-state index contributed by atoms with van der Waals surface area (Å²) in [6.45, 7) is 2.27. The lowest BCUT2D eigenvalue weighted by atomic mass is 10.2. The second-order valence-corrected chi connectivity index (χ2v) is 6.49. The summed E-state index contributed by atoms with van der Waals surface area (Å²) >= 11 is 0. The fourth-order valence-corrected chi connectivity index (χ4v) is 3.00. The van der Waals surface area contributed by atoms with E-state index in [0.29, 0.717) is 23.8 Å². The van der Waals surface area contributed by atoms with Crippen LogP contribution in [0.1, 0.15) is 11.3 Å². The highest BCUT2D eigenvalue weighted by molar-refractivity contribution is 5.76. The standard InChI is InChI=1S/C21H19N5O2/c1-15-12-19(28)26-21(23-20(24-26)17-10-6-3-7-11-17)25(15)14-18(27)22-13-16-8-4-2-5-9-16/h2-12H,13-14H2,1H3,(H,22,27). The van der Waals surface area contributed by atoms with Crippen molar-refractivity contribution in [3.05, 3.63) is 88.3 Å². The molecule has 0 aliphatic heterocycles. The molecule has 4 aromatic rings. The van der Waals surface area contributed by atoms with Gasteiger partial charge in [0.1, 0.15) is 6.54 Å². The van der Waals surface area contributed by atoms with Gasteiger partial charge in [-0.05, 0) is 12.5 Å². The number of fused-ring (bicyclic) bond motifs is 1. The number of nitrogens with zero attached hydrogens (tertiary/aromatic N) is 4. The topological polar surface area (TPSA) is 81.3 Å². The number of aromatic nitrogens is 4. The minimum Gasteiger partial charge on any atom is -0.350 e. The van der Waals surface area contributed by atoms with Crippen molar-refractivity contribution >= 4 is 11.7 Å². The van der Waals surface area contributed by atoms with Gasteiger partial charge in [-0.2, -0.15) is 9.50 Å². The molecule has 2 aromatic carbocycles. The van der Waals surface area contributed by atoms with Crippen LogP contribution in [0.5, 0.6) is 0 Å². The molecule has 0 spiro atoms. The first kappa shape index (κ1) is 17.7. The first-order valence-electron chi connectivity index (χ1n) is 8.95. The molecule has 4 rings (SSSR count). The van der Waals surface area contributed by atoms with E-state index in [1.807, 2.05) is 60.7 Å². The van der Waals surface area contributed by atoms with Gasteiger partial charge in [0, 0.05) is 23.9 Å². The summed E-state index contributed by atoms with van der Waals surface area (Å²) in [5, 5.41) is 7.22. The highest BCUT2D eigenvalue weighted by Gasteiger charge is 2.15. The van der Waals surface area contributed by atoms with Gasteiger partial charge >= 0.3 is 0 Å². The van der Waals surface area contributed by atoms with Gasteiger partial charge in [0.2, 0.25) is 11.7 Å². The molecule has 2 aromatic heterocycles. The average Bonchev–Trinajstić information content (AvgIpc) is 3.17. The van der Waals surface area contributed by atoms with Crippen molar-refractivity contribution in [2.75, 3.05) is 0 Å². The molecular formula is C21H19N5O2. The maximum atomic E-state index is 12.5. The molecule has 1 N–H and O–H groups in total. The zero-order valence-electron chi connectivity index (χ0n) is 15.4. The van der Waals surface area contributed by atoms with E-state index in [9.17, 15) is 9.59 Å². The van der Waals surface area contributed by atoms with Crippen LogP contribution >= 0.6 is 0 Å². The van der Waals surface area contributed by atoms with Crippen molar-refractivity contribution in [1.29, 1.82) is 0 Å². The van der Waals surface area contributed by atoms with Crippen LogP contribution in [0.25, 0.3) is 17.2 Å². The molecule has 1 amide bonds. The van der Waals surface area contributed by atoms with Crippen LogP contribution in [0.2, 0.25) is 0 Å². The van der Waals surface area contributed by atoms with Crippen LogP contribution in [0.3, 0.4) is 0 Å². The van der Waals surface area contributed by atoms with Crippen molar-refractivity contribution < 1.29 is 4.79 Å². The molecule has 0 saturated carbocycles. The Balaban J connectivity index is 1.63. The van der Waals surface area contributed by atoms with Crippen molar-refractivity contribution in [2.24, 2.45) is 0 Å². The Kier molecular flexibility index (Phi) is 4.72. The van der Waals surface area contributed by atoms with E-state index in [2.05, 4.69) is 15.4 Å². The number of aryl methyl sites for hydroxylation is 1. The normalized spacial score (nSPS) is 10.9. The van der Waals surface area contributed by atoms with Gasteiger partial charge in [-0.3, -0.25) is 9.59 Å². The Morgan fingerprint density at radius 2 is 1.71 bits per heavy atom. The number of amides is 1. The first-order valence-corrected chi connectivity index (χ1v) is 8.95. The molecule has 140 valence electrons. The average molecular weight is 373 g/mol. The molecule has 0 atom stereocenters. The van der Waals surface area contributed by atoms with Crippen LogP contribution in [0.15, 0.2) is 71.5 Å². The van der Waals surface area contributed by atoms with Crippen LogP contribution in [-0.2, 0) is 17.9 Å². The van der Waals surface area contributed by atoms with Gasteiger partial charge in [-0.15, -0.1) is 5.10 Å².